The van der Waals surface area contributed by atoms with Crippen molar-refractivity contribution in [2.45, 2.75) is 18.5 Å². The predicted octanol–water partition coefficient (Wildman–Crippen LogP) is 3.88. The monoisotopic (exact) mass is 465 g/mol. The summed E-state index contributed by atoms with van der Waals surface area (Å²) in [5.74, 6) is 1.25. The summed E-state index contributed by atoms with van der Waals surface area (Å²) in [6.45, 7) is 0.252. The van der Waals surface area contributed by atoms with E-state index in [9.17, 15) is 9.59 Å². The van der Waals surface area contributed by atoms with Crippen molar-refractivity contribution < 1.29 is 19.1 Å². The lowest BCUT2D eigenvalue weighted by Gasteiger charge is -2.46. The Labute approximate surface area is 201 Å². The SMILES string of the molecule is CN1CC(=O)N2[C@H](c3ccc4c(c3)OCO4)c3[nH]c4cc(-c5ccccc5)ccc4c3C[C@@H]2C1=O. The number of H-pyrrole nitrogens is 1. The Bertz CT molecular complexity index is 1510. The highest BCUT2D eigenvalue weighted by Gasteiger charge is 2.47. The van der Waals surface area contributed by atoms with Gasteiger partial charge in [0.15, 0.2) is 11.5 Å². The average Bonchev–Trinajstić information content (AvgIpc) is 3.50. The van der Waals surface area contributed by atoms with Gasteiger partial charge in [-0.05, 0) is 40.5 Å². The van der Waals surface area contributed by atoms with Crippen LogP contribution in [-0.4, -0.2) is 53.0 Å². The molecule has 2 amide bonds. The third-order valence-electron chi connectivity index (χ3n) is 7.37. The summed E-state index contributed by atoms with van der Waals surface area (Å²) in [5, 5.41) is 1.08. The van der Waals surface area contributed by atoms with Crippen molar-refractivity contribution in [3.8, 4) is 22.6 Å². The topological polar surface area (TPSA) is 74.9 Å². The molecule has 7 nitrogen and oxygen atoms in total. The standard InChI is InChI=1S/C28H23N3O4/c1-30-14-25(32)31-22(28(30)33)13-20-19-9-7-17(16-5-3-2-4-6-16)11-21(19)29-26(20)27(31)18-8-10-23-24(12-18)35-15-34-23/h2-12,22,27,29H,13-15H2,1H3/t22-,27-/m1/s1. The molecule has 0 bridgehead atoms. The predicted molar refractivity (Wildman–Crippen MR) is 130 cm³/mol. The molecule has 3 aromatic carbocycles. The number of aromatic nitrogens is 1. The van der Waals surface area contributed by atoms with Crippen LogP contribution in [-0.2, 0) is 16.0 Å². The van der Waals surface area contributed by atoms with Crippen LogP contribution >= 0.6 is 0 Å². The summed E-state index contributed by atoms with van der Waals surface area (Å²) < 4.78 is 11.1. The minimum absolute atomic E-state index is 0.0313. The van der Waals surface area contributed by atoms with Crippen molar-refractivity contribution in [1.82, 2.24) is 14.8 Å². The highest BCUT2D eigenvalue weighted by molar-refractivity contribution is 5.98. The van der Waals surface area contributed by atoms with E-state index in [4.69, 9.17) is 9.47 Å². The molecule has 0 saturated carbocycles. The minimum Gasteiger partial charge on any atom is -0.454 e. The largest absolute Gasteiger partial charge is 0.454 e. The Morgan fingerprint density at radius 2 is 1.74 bits per heavy atom. The Morgan fingerprint density at radius 3 is 2.60 bits per heavy atom. The zero-order chi connectivity index (χ0) is 23.7. The maximum atomic E-state index is 13.3. The molecule has 0 unspecified atom stereocenters. The third-order valence-corrected chi connectivity index (χ3v) is 7.37. The summed E-state index contributed by atoms with van der Waals surface area (Å²) in [6.07, 6.45) is 0.482. The highest BCUT2D eigenvalue weighted by Crippen LogP contribution is 2.45. The van der Waals surface area contributed by atoms with Gasteiger partial charge >= 0.3 is 0 Å². The van der Waals surface area contributed by atoms with Crippen molar-refractivity contribution in [3.05, 3.63) is 83.6 Å². The fourth-order valence-electron chi connectivity index (χ4n) is 5.70. The number of ether oxygens (including phenoxy) is 2. The first-order valence-corrected chi connectivity index (χ1v) is 11.7. The molecule has 0 spiro atoms. The lowest BCUT2D eigenvalue weighted by molar-refractivity contribution is -0.157. The van der Waals surface area contributed by atoms with Gasteiger partial charge in [0.05, 0.1) is 12.6 Å². The molecule has 3 aliphatic heterocycles. The molecule has 0 radical (unpaired) electrons. The van der Waals surface area contributed by atoms with Crippen LogP contribution in [0.5, 0.6) is 11.5 Å². The van der Waals surface area contributed by atoms with Crippen LogP contribution in [0.3, 0.4) is 0 Å². The maximum Gasteiger partial charge on any atom is 0.245 e. The van der Waals surface area contributed by atoms with E-state index in [0.717, 1.165) is 38.9 Å². The molecule has 7 heteroatoms. The van der Waals surface area contributed by atoms with E-state index in [2.05, 4.69) is 35.3 Å². The van der Waals surface area contributed by atoms with Gasteiger partial charge in [0.1, 0.15) is 6.04 Å². The fraction of sp³-hybridized carbons (Fsp3) is 0.214. The minimum atomic E-state index is -0.544. The molecule has 0 aliphatic carbocycles. The van der Waals surface area contributed by atoms with Crippen LogP contribution in [0.15, 0.2) is 66.7 Å². The second-order valence-corrected chi connectivity index (χ2v) is 9.37. The van der Waals surface area contributed by atoms with E-state index >= 15 is 0 Å². The summed E-state index contributed by atoms with van der Waals surface area (Å²) in [6, 6.07) is 21.4. The number of nitrogens with zero attached hydrogens (tertiary/aromatic N) is 2. The molecule has 1 saturated heterocycles. The first-order valence-electron chi connectivity index (χ1n) is 11.7. The van der Waals surface area contributed by atoms with Gasteiger partial charge in [-0.25, -0.2) is 0 Å². The molecule has 1 fully saturated rings. The van der Waals surface area contributed by atoms with Gasteiger partial charge in [-0.3, -0.25) is 9.59 Å². The number of aromatic amines is 1. The first kappa shape index (κ1) is 20.1. The summed E-state index contributed by atoms with van der Waals surface area (Å²) in [5.41, 5.74) is 6.17. The Balaban J connectivity index is 1.43. The quantitative estimate of drug-likeness (QED) is 0.488. The molecular formula is C28H23N3O4. The van der Waals surface area contributed by atoms with Gasteiger partial charge in [0.25, 0.3) is 0 Å². The molecule has 1 N–H and O–H groups in total. The fourth-order valence-corrected chi connectivity index (χ4v) is 5.70. The number of nitrogens with one attached hydrogen (secondary N) is 1. The Morgan fingerprint density at radius 1 is 0.914 bits per heavy atom. The van der Waals surface area contributed by atoms with Gasteiger partial charge in [0, 0.05) is 30.1 Å². The zero-order valence-corrected chi connectivity index (χ0v) is 19.2. The average molecular weight is 466 g/mol. The number of carbonyl (C=O) groups is 2. The maximum absolute atomic E-state index is 13.3. The number of carbonyl (C=O) groups excluding carboxylic acids is 2. The zero-order valence-electron chi connectivity index (χ0n) is 19.2. The Hall–Kier alpha value is -4.26. The molecule has 2 atom stereocenters. The van der Waals surface area contributed by atoms with Crippen LogP contribution in [0.1, 0.15) is 22.9 Å². The highest BCUT2D eigenvalue weighted by atomic mass is 16.7. The van der Waals surface area contributed by atoms with E-state index < -0.39 is 12.1 Å². The first-order chi connectivity index (χ1) is 17.1. The van der Waals surface area contributed by atoms with Crippen LogP contribution < -0.4 is 9.47 Å². The van der Waals surface area contributed by atoms with E-state index in [1.807, 2.05) is 36.4 Å². The van der Waals surface area contributed by atoms with Crippen molar-refractivity contribution >= 4 is 22.7 Å². The molecule has 4 heterocycles. The summed E-state index contributed by atoms with van der Waals surface area (Å²) in [7, 11) is 1.70. The van der Waals surface area contributed by atoms with E-state index in [1.54, 1.807) is 11.9 Å². The third kappa shape index (κ3) is 2.97. The molecular weight excluding hydrogens is 442 g/mol. The van der Waals surface area contributed by atoms with E-state index in [0.29, 0.717) is 17.9 Å². The van der Waals surface area contributed by atoms with Gasteiger partial charge in [-0.15, -0.1) is 0 Å². The number of fused-ring (bicyclic) bond motifs is 5. The molecule has 7 rings (SSSR count). The number of hydrogen-bond acceptors (Lipinski definition) is 4. The molecule has 1 aromatic heterocycles. The second kappa shape index (κ2) is 7.37. The van der Waals surface area contributed by atoms with Gasteiger partial charge in [-0.2, -0.15) is 0 Å². The van der Waals surface area contributed by atoms with Crippen LogP contribution in [0.4, 0.5) is 0 Å². The van der Waals surface area contributed by atoms with Crippen molar-refractivity contribution in [3.63, 3.8) is 0 Å². The lowest BCUT2D eigenvalue weighted by atomic mass is 9.86. The Kier molecular flexibility index (Phi) is 4.24. The van der Waals surface area contributed by atoms with E-state index in [1.165, 1.54) is 4.90 Å². The molecule has 35 heavy (non-hydrogen) atoms. The number of piperazine rings is 1. The summed E-state index contributed by atoms with van der Waals surface area (Å²) >= 11 is 0. The number of benzene rings is 3. The molecule has 3 aliphatic rings. The van der Waals surface area contributed by atoms with Crippen LogP contribution in [0, 0.1) is 0 Å². The number of hydrogen-bond donors (Lipinski definition) is 1. The number of amides is 2. The normalized spacial score (nSPS) is 20.8. The number of likely N-dealkylation sites (N-methyl/N-ethyl adjacent to an activating group) is 1. The lowest BCUT2D eigenvalue weighted by Crippen LogP contribution is -2.62. The summed E-state index contributed by atoms with van der Waals surface area (Å²) in [4.78, 5) is 33.5. The van der Waals surface area contributed by atoms with Crippen molar-refractivity contribution in [2.24, 2.45) is 0 Å². The number of rotatable bonds is 2. The van der Waals surface area contributed by atoms with Gasteiger partial charge in [-0.1, -0.05) is 48.5 Å². The van der Waals surface area contributed by atoms with Crippen molar-refractivity contribution in [2.75, 3.05) is 20.4 Å². The van der Waals surface area contributed by atoms with Gasteiger partial charge < -0.3 is 24.3 Å². The van der Waals surface area contributed by atoms with Crippen LogP contribution in [0.25, 0.3) is 22.0 Å². The molecule has 4 aromatic rings. The van der Waals surface area contributed by atoms with E-state index in [-0.39, 0.29) is 25.2 Å². The van der Waals surface area contributed by atoms with Crippen molar-refractivity contribution in [1.29, 1.82) is 0 Å². The van der Waals surface area contributed by atoms with Gasteiger partial charge in [0.2, 0.25) is 18.6 Å². The molecule has 174 valence electrons. The smallest absolute Gasteiger partial charge is 0.245 e. The van der Waals surface area contributed by atoms with Crippen LogP contribution in [0.2, 0.25) is 0 Å². The second-order valence-electron chi connectivity index (χ2n) is 9.37.